The van der Waals surface area contributed by atoms with Gasteiger partial charge in [0.2, 0.25) is 10.0 Å². The molecule has 0 bridgehead atoms. The third kappa shape index (κ3) is 4.06. The van der Waals surface area contributed by atoms with Crippen molar-refractivity contribution in [2.24, 2.45) is 0 Å². The maximum absolute atomic E-state index is 13.6. The Morgan fingerprint density at radius 3 is 2.08 bits per heavy atom. The van der Waals surface area contributed by atoms with Gasteiger partial charge in [0.05, 0.1) is 4.90 Å². The Balaban J connectivity index is 1.28. The summed E-state index contributed by atoms with van der Waals surface area (Å²) in [5.74, 6) is -1.03. The lowest BCUT2D eigenvalue weighted by Gasteiger charge is -2.38. The first-order valence-corrected chi connectivity index (χ1v) is 14.0. The molecule has 1 atom stereocenters. The molecule has 7 nitrogen and oxygen atoms in total. The first kappa shape index (κ1) is 24.3. The van der Waals surface area contributed by atoms with E-state index >= 15 is 0 Å². The number of anilines is 2. The number of nitrogens with zero attached hydrogens (tertiary/aromatic N) is 3. The van der Waals surface area contributed by atoms with E-state index in [1.54, 1.807) is 30.3 Å². The SMILES string of the molecule is CN1C(C(=O)c2ccc3ccccc3c2)C(=O)c2ccc(N3CCN(c4ccccc4)CC3)cc2S1(=O)=O. The van der Waals surface area contributed by atoms with Gasteiger partial charge >= 0.3 is 0 Å². The van der Waals surface area contributed by atoms with Crippen LogP contribution in [0.25, 0.3) is 10.8 Å². The maximum Gasteiger partial charge on any atom is 0.244 e. The minimum Gasteiger partial charge on any atom is -0.368 e. The van der Waals surface area contributed by atoms with Gasteiger partial charge < -0.3 is 9.80 Å². The quantitative estimate of drug-likeness (QED) is 0.293. The largest absolute Gasteiger partial charge is 0.368 e. The number of carbonyl (C=O) groups excluding carboxylic acids is 2. The Morgan fingerprint density at radius 2 is 1.37 bits per heavy atom. The smallest absolute Gasteiger partial charge is 0.244 e. The third-order valence-corrected chi connectivity index (χ3v) is 9.41. The van der Waals surface area contributed by atoms with Crippen molar-refractivity contribution in [3.63, 3.8) is 0 Å². The van der Waals surface area contributed by atoms with Crippen LogP contribution in [0.2, 0.25) is 0 Å². The number of fused-ring (bicyclic) bond motifs is 2. The lowest BCUT2D eigenvalue weighted by Crippen LogP contribution is -2.51. The average Bonchev–Trinajstić information content (AvgIpc) is 2.96. The van der Waals surface area contributed by atoms with Crippen LogP contribution in [0.3, 0.4) is 0 Å². The average molecular weight is 526 g/mol. The van der Waals surface area contributed by atoms with Crippen molar-refractivity contribution in [3.05, 3.63) is 102 Å². The molecule has 0 N–H and O–H groups in total. The number of rotatable bonds is 4. The molecule has 1 unspecified atom stereocenters. The molecule has 1 saturated heterocycles. The van der Waals surface area contributed by atoms with Crippen molar-refractivity contribution in [1.29, 1.82) is 0 Å². The summed E-state index contributed by atoms with van der Waals surface area (Å²) >= 11 is 0. The summed E-state index contributed by atoms with van der Waals surface area (Å²) in [5, 5.41) is 1.81. The summed E-state index contributed by atoms with van der Waals surface area (Å²) in [6.07, 6.45) is 0. The lowest BCUT2D eigenvalue weighted by molar-refractivity contribution is 0.0784. The van der Waals surface area contributed by atoms with Crippen LogP contribution < -0.4 is 9.80 Å². The Hall–Kier alpha value is -4.01. The van der Waals surface area contributed by atoms with E-state index in [4.69, 9.17) is 0 Å². The number of likely N-dealkylation sites (N-methyl/N-ethyl adjacent to an activating group) is 1. The van der Waals surface area contributed by atoms with Crippen LogP contribution in [-0.2, 0) is 10.0 Å². The fraction of sp³-hybridized carbons (Fsp3) is 0.200. The van der Waals surface area contributed by atoms with E-state index in [0.717, 1.165) is 52.6 Å². The molecule has 4 aromatic rings. The molecule has 8 heteroatoms. The molecular weight excluding hydrogens is 498 g/mol. The fourth-order valence-electron chi connectivity index (χ4n) is 5.38. The zero-order chi connectivity index (χ0) is 26.4. The van der Waals surface area contributed by atoms with Gasteiger partial charge in [-0.05, 0) is 47.2 Å². The van der Waals surface area contributed by atoms with Gasteiger partial charge in [-0.3, -0.25) is 9.59 Å². The normalized spacial score (nSPS) is 19.4. The molecule has 0 amide bonds. The van der Waals surface area contributed by atoms with Crippen molar-refractivity contribution >= 4 is 43.7 Å². The molecular formula is C30H27N3O4S. The summed E-state index contributed by atoms with van der Waals surface area (Å²) < 4.78 is 28.1. The topological polar surface area (TPSA) is 78.0 Å². The first-order valence-electron chi connectivity index (χ1n) is 12.6. The summed E-state index contributed by atoms with van der Waals surface area (Å²) in [7, 11) is -2.75. The molecule has 2 aliphatic rings. The summed E-state index contributed by atoms with van der Waals surface area (Å²) in [6, 6.07) is 26.4. The van der Waals surface area contributed by atoms with Crippen LogP contribution in [0.15, 0.2) is 95.9 Å². The molecule has 0 aromatic heterocycles. The maximum atomic E-state index is 13.6. The van der Waals surface area contributed by atoms with Gasteiger partial charge in [-0.1, -0.05) is 54.6 Å². The highest BCUT2D eigenvalue weighted by molar-refractivity contribution is 7.89. The van der Waals surface area contributed by atoms with Gasteiger partial charge in [-0.25, -0.2) is 8.42 Å². The first-order chi connectivity index (χ1) is 18.3. The van der Waals surface area contributed by atoms with E-state index in [9.17, 15) is 18.0 Å². The van der Waals surface area contributed by atoms with Crippen LogP contribution in [0.5, 0.6) is 0 Å². The van der Waals surface area contributed by atoms with Crippen molar-refractivity contribution in [3.8, 4) is 0 Å². The third-order valence-electron chi connectivity index (χ3n) is 7.55. The molecule has 0 saturated carbocycles. The molecule has 0 spiro atoms. The Morgan fingerprint density at radius 1 is 0.737 bits per heavy atom. The Bertz CT molecular complexity index is 1660. The number of ketones is 2. The number of para-hydroxylation sites is 1. The van der Waals surface area contributed by atoms with Gasteiger partial charge in [-0.15, -0.1) is 0 Å². The summed E-state index contributed by atoms with van der Waals surface area (Å²) in [4.78, 5) is 31.4. The lowest BCUT2D eigenvalue weighted by atomic mass is 9.94. The van der Waals surface area contributed by atoms with E-state index in [0.29, 0.717) is 5.56 Å². The fourth-order valence-corrected chi connectivity index (χ4v) is 6.87. The van der Waals surface area contributed by atoms with Gasteiger partial charge in [0, 0.05) is 55.7 Å². The van der Waals surface area contributed by atoms with Crippen molar-refractivity contribution in [2.45, 2.75) is 10.9 Å². The van der Waals surface area contributed by atoms with Gasteiger partial charge in [0.1, 0.15) is 0 Å². The zero-order valence-corrected chi connectivity index (χ0v) is 21.8. The number of benzene rings is 4. The second-order valence-electron chi connectivity index (χ2n) is 9.70. The molecule has 2 aliphatic heterocycles. The minimum atomic E-state index is -4.06. The molecule has 6 rings (SSSR count). The number of hydrogen-bond acceptors (Lipinski definition) is 6. The summed E-state index contributed by atoms with van der Waals surface area (Å²) in [6.45, 7) is 3.05. The highest BCUT2D eigenvalue weighted by Crippen LogP contribution is 2.34. The number of hydrogen-bond donors (Lipinski definition) is 0. The highest BCUT2D eigenvalue weighted by Gasteiger charge is 2.45. The molecule has 0 radical (unpaired) electrons. The number of carbonyl (C=O) groups is 2. The standard InChI is InChI=1S/C30H27N3O4S/c1-31-28(29(34)23-12-11-21-7-5-6-8-22(21)19-23)30(35)26-14-13-25(20-27(26)38(31,36)37)33-17-15-32(16-18-33)24-9-3-2-4-10-24/h2-14,19-20,28H,15-18H2,1H3. The Kier molecular flexibility index (Phi) is 6.01. The van der Waals surface area contributed by atoms with E-state index in [2.05, 4.69) is 21.9 Å². The van der Waals surface area contributed by atoms with Crippen LogP contribution in [0.1, 0.15) is 20.7 Å². The summed E-state index contributed by atoms with van der Waals surface area (Å²) in [5.41, 5.74) is 2.28. The second kappa shape index (κ2) is 9.38. The number of sulfonamides is 1. The molecule has 38 heavy (non-hydrogen) atoms. The minimum absolute atomic E-state index is 0.0458. The van der Waals surface area contributed by atoms with E-state index in [-0.39, 0.29) is 10.5 Å². The molecule has 4 aromatic carbocycles. The van der Waals surface area contributed by atoms with Crippen molar-refractivity contribution in [1.82, 2.24) is 4.31 Å². The molecule has 192 valence electrons. The zero-order valence-electron chi connectivity index (χ0n) is 20.9. The van der Waals surface area contributed by atoms with Crippen LogP contribution in [0, 0.1) is 0 Å². The number of Topliss-reactive ketones (excluding diaryl/α,β-unsaturated/α-hetero) is 2. The predicted molar refractivity (Wildman–Crippen MR) is 149 cm³/mol. The molecule has 1 fully saturated rings. The monoisotopic (exact) mass is 525 g/mol. The van der Waals surface area contributed by atoms with Crippen molar-refractivity contribution < 1.29 is 18.0 Å². The van der Waals surface area contributed by atoms with Crippen LogP contribution in [0.4, 0.5) is 11.4 Å². The van der Waals surface area contributed by atoms with Gasteiger partial charge in [0.15, 0.2) is 17.6 Å². The Labute approximate surface area is 221 Å². The van der Waals surface area contributed by atoms with Gasteiger partial charge in [0.25, 0.3) is 0 Å². The van der Waals surface area contributed by atoms with E-state index in [1.165, 1.54) is 7.05 Å². The predicted octanol–water partition coefficient (Wildman–Crippen LogP) is 4.23. The van der Waals surface area contributed by atoms with Crippen LogP contribution >= 0.6 is 0 Å². The second-order valence-corrected chi connectivity index (χ2v) is 11.7. The molecule has 0 aliphatic carbocycles. The van der Waals surface area contributed by atoms with Crippen molar-refractivity contribution in [2.75, 3.05) is 43.0 Å². The number of piperazine rings is 1. The van der Waals surface area contributed by atoms with E-state index < -0.39 is 27.6 Å². The molecule has 2 heterocycles. The van der Waals surface area contributed by atoms with Gasteiger partial charge in [-0.2, -0.15) is 4.31 Å². The van der Waals surface area contributed by atoms with E-state index in [1.807, 2.05) is 48.5 Å². The van der Waals surface area contributed by atoms with Crippen LogP contribution in [-0.4, -0.2) is 63.6 Å². The highest BCUT2D eigenvalue weighted by atomic mass is 32.2.